The zero-order valence-corrected chi connectivity index (χ0v) is 13.6. The van der Waals surface area contributed by atoms with E-state index in [4.69, 9.17) is 50.4 Å². The molecule has 0 aromatic carbocycles. The number of rotatable bonds is 5. The molecule has 0 aliphatic rings. The Labute approximate surface area is 156 Å². The summed E-state index contributed by atoms with van der Waals surface area (Å²) in [5.74, 6) is -5.37. The van der Waals surface area contributed by atoms with Gasteiger partial charge in [0, 0.05) is 0 Å². The summed E-state index contributed by atoms with van der Waals surface area (Å²) in [5.41, 5.74) is 0. The van der Waals surface area contributed by atoms with E-state index in [0.717, 1.165) is 0 Å². The van der Waals surface area contributed by atoms with Crippen LogP contribution in [0.1, 0.15) is 5.71 Å². The van der Waals surface area contributed by atoms with Gasteiger partial charge >= 0.3 is 64.0 Å². The Bertz CT molecular complexity index is 327. The van der Waals surface area contributed by atoms with Crippen LogP contribution in [0.4, 0.5) is 0 Å². The Morgan fingerprint density at radius 3 is 1.33 bits per heavy atom. The number of hydrogen-bond donors (Lipinski definition) is 8. The Hall–Kier alpha value is -0.258. The van der Waals surface area contributed by atoms with E-state index in [-0.39, 0.29) is 51.8 Å². The first kappa shape index (κ1) is 28.8. The smallest absolute Gasteiger partial charge is 1.00 e. The molecule has 0 fully saturated rings. The topological polar surface area (TPSA) is 213 Å². The fraction of sp³-hybridized carbons (Fsp3) is 0.625. The van der Waals surface area contributed by atoms with E-state index in [9.17, 15) is 4.79 Å². The van der Waals surface area contributed by atoms with Crippen LogP contribution in [-0.2, 0) is 14.4 Å². The first-order valence-corrected chi connectivity index (χ1v) is 4.58. The zero-order chi connectivity index (χ0) is 15.7. The molecule has 0 amide bonds. The van der Waals surface area contributed by atoms with Crippen molar-refractivity contribution >= 4 is 64.0 Å². The summed E-state index contributed by atoms with van der Waals surface area (Å²) in [4.78, 5) is 28.3. The standard InChI is InChI=1S/C6H12O7.C2H2O4.2Mg.4H/c7-1-2(8)3(9)4(10)5(11)6(12)13;3-1(4)2(5)6;;;;;;/h2-5,7-11H,1H2,(H,12,13);(H,3,4)(H,5,6);;;;;;/q;;2*+2;4*-1. The van der Waals surface area contributed by atoms with Crippen molar-refractivity contribution in [1.29, 1.82) is 0 Å². The molecule has 0 aromatic rings. The van der Waals surface area contributed by atoms with Crippen LogP contribution in [-0.4, -0.2) is 136 Å². The molecule has 0 heterocycles. The molecule has 0 aliphatic heterocycles. The van der Waals surface area contributed by atoms with Gasteiger partial charge < -0.3 is 46.6 Å². The van der Waals surface area contributed by atoms with Crippen LogP contribution in [0, 0.1) is 0 Å². The van der Waals surface area contributed by atoms with Crippen LogP contribution in [0.2, 0.25) is 0 Å². The van der Waals surface area contributed by atoms with Gasteiger partial charge in [0.1, 0.15) is 18.3 Å². The van der Waals surface area contributed by atoms with Crippen molar-refractivity contribution < 1.29 is 60.9 Å². The molecule has 11 nitrogen and oxygen atoms in total. The maximum absolute atomic E-state index is 10.1. The molecule has 21 heavy (non-hydrogen) atoms. The summed E-state index contributed by atoms with van der Waals surface area (Å²) >= 11 is 0. The minimum atomic E-state index is -2.20. The Balaban J connectivity index is -0.0000000358. The average molecular weight is 339 g/mol. The van der Waals surface area contributed by atoms with Gasteiger partial charge in [0.25, 0.3) is 0 Å². The molecule has 4 atom stereocenters. The molecule has 0 aromatic heterocycles. The number of carboxylic acids is 3. The number of carboxylic acid groups (broad SMARTS) is 3. The molecule has 0 spiro atoms. The van der Waals surface area contributed by atoms with Crippen molar-refractivity contribution in [1.82, 2.24) is 0 Å². The summed E-state index contributed by atoms with van der Waals surface area (Å²) in [6.45, 7) is -0.843. The maximum Gasteiger partial charge on any atom is 2.00 e. The van der Waals surface area contributed by atoms with Crippen LogP contribution in [0.5, 0.6) is 0 Å². The summed E-state index contributed by atoms with van der Waals surface area (Å²) in [6.07, 6.45) is -7.84. The van der Waals surface area contributed by atoms with Gasteiger partial charge in [-0.15, -0.1) is 0 Å². The van der Waals surface area contributed by atoms with E-state index >= 15 is 0 Å². The third-order valence-electron chi connectivity index (χ3n) is 1.69. The summed E-state index contributed by atoms with van der Waals surface area (Å²) < 4.78 is 0. The minimum absolute atomic E-state index is 0. The fourth-order valence-corrected chi connectivity index (χ4v) is 0.668. The molecule has 4 unspecified atom stereocenters. The average Bonchev–Trinajstić information content (AvgIpc) is 2.35. The number of carbonyl (C=O) groups is 3. The van der Waals surface area contributed by atoms with Gasteiger partial charge in [-0.25, -0.2) is 14.4 Å². The van der Waals surface area contributed by atoms with E-state index in [2.05, 4.69) is 0 Å². The second-order valence-corrected chi connectivity index (χ2v) is 3.12. The van der Waals surface area contributed by atoms with Crippen LogP contribution in [0.3, 0.4) is 0 Å². The summed E-state index contributed by atoms with van der Waals surface area (Å²) in [6, 6.07) is 0. The SMILES string of the molecule is O=C(O)C(=O)O.O=C(O)C(O)C(O)C(O)C(O)CO.[H-].[H-].[H-].[H-].[Mg+2].[Mg+2]. The molecule has 0 saturated carbocycles. The number of aliphatic carboxylic acids is 3. The van der Waals surface area contributed by atoms with Crippen LogP contribution in [0.25, 0.3) is 0 Å². The van der Waals surface area contributed by atoms with Crippen LogP contribution < -0.4 is 0 Å². The van der Waals surface area contributed by atoms with Gasteiger partial charge in [-0.3, -0.25) is 0 Å². The molecule has 0 aliphatic carbocycles. The second-order valence-electron chi connectivity index (χ2n) is 3.12. The van der Waals surface area contributed by atoms with Crippen molar-refractivity contribution in [3.63, 3.8) is 0 Å². The second kappa shape index (κ2) is 14.7. The Kier molecular flexibility index (Phi) is 20.1. The molecule has 8 N–H and O–H groups in total. The summed E-state index contributed by atoms with van der Waals surface area (Å²) in [7, 11) is 0. The molecule has 0 rings (SSSR count). The molecule has 0 radical (unpaired) electrons. The quantitative estimate of drug-likeness (QED) is 0.176. The van der Waals surface area contributed by atoms with Crippen LogP contribution in [0.15, 0.2) is 0 Å². The third-order valence-corrected chi connectivity index (χ3v) is 1.69. The predicted molar refractivity (Wildman–Crippen MR) is 70.0 cm³/mol. The normalized spacial score (nSPS) is 14.7. The minimum Gasteiger partial charge on any atom is -1.00 e. The molecule has 0 saturated heterocycles. The first-order chi connectivity index (χ1) is 8.56. The predicted octanol–water partition coefficient (Wildman–Crippen LogP) is -4.65. The summed E-state index contributed by atoms with van der Waals surface area (Å²) in [5, 5.41) is 66.6. The largest absolute Gasteiger partial charge is 2.00 e. The van der Waals surface area contributed by atoms with Gasteiger partial charge in [-0.05, 0) is 0 Å². The van der Waals surface area contributed by atoms with E-state index in [1.807, 2.05) is 0 Å². The number of aliphatic hydroxyl groups is 5. The van der Waals surface area contributed by atoms with E-state index in [0.29, 0.717) is 0 Å². The monoisotopic (exact) mass is 338 g/mol. The van der Waals surface area contributed by atoms with Gasteiger partial charge in [0.15, 0.2) is 6.10 Å². The molecular weight excluding hydrogens is 321 g/mol. The van der Waals surface area contributed by atoms with Gasteiger partial charge in [-0.2, -0.15) is 0 Å². The van der Waals surface area contributed by atoms with Crippen molar-refractivity contribution in [3.05, 3.63) is 0 Å². The third kappa shape index (κ3) is 13.1. The van der Waals surface area contributed by atoms with Crippen molar-refractivity contribution in [3.8, 4) is 0 Å². The number of hydrogen-bond acceptors (Lipinski definition) is 8. The van der Waals surface area contributed by atoms with E-state index in [1.54, 1.807) is 0 Å². The molecular formula is C8H18Mg2O11. The van der Waals surface area contributed by atoms with Crippen molar-refractivity contribution in [2.45, 2.75) is 24.4 Å². The van der Waals surface area contributed by atoms with Crippen molar-refractivity contribution in [2.24, 2.45) is 0 Å². The first-order valence-electron chi connectivity index (χ1n) is 4.58. The van der Waals surface area contributed by atoms with E-state index < -0.39 is 48.9 Å². The number of aliphatic hydroxyl groups excluding tert-OH is 5. The molecule has 0 bridgehead atoms. The maximum atomic E-state index is 10.1. The van der Waals surface area contributed by atoms with Gasteiger partial charge in [0.2, 0.25) is 0 Å². The Morgan fingerprint density at radius 2 is 1.14 bits per heavy atom. The fourth-order valence-electron chi connectivity index (χ4n) is 0.668. The Morgan fingerprint density at radius 1 is 0.810 bits per heavy atom. The molecule has 120 valence electrons. The zero-order valence-electron chi connectivity index (χ0n) is 14.7. The van der Waals surface area contributed by atoms with E-state index in [1.165, 1.54) is 0 Å². The van der Waals surface area contributed by atoms with Crippen molar-refractivity contribution in [2.75, 3.05) is 6.61 Å². The van der Waals surface area contributed by atoms with Gasteiger partial charge in [0.05, 0.1) is 6.61 Å². The van der Waals surface area contributed by atoms with Gasteiger partial charge in [-0.1, -0.05) is 0 Å². The van der Waals surface area contributed by atoms with Crippen LogP contribution >= 0.6 is 0 Å². The molecule has 13 heteroatoms.